The Labute approximate surface area is 160 Å². The molecule has 2 heterocycles. The molecule has 0 saturated heterocycles. The van der Waals surface area contributed by atoms with E-state index in [1.54, 1.807) is 11.0 Å². The number of aryl methyl sites for hydroxylation is 1. The van der Waals surface area contributed by atoms with Crippen LogP contribution in [0, 0.1) is 6.92 Å². The first kappa shape index (κ1) is 17.7. The Morgan fingerprint density at radius 1 is 1.25 bits per heavy atom. The molecule has 1 N–H and O–H groups in total. The number of amides is 2. The number of benzene rings is 2. The Bertz CT molecular complexity index is 1020. The first-order valence-corrected chi connectivity index (χ1v) is 8.78. The predicted molar refractivity (Wildman–Crippen MR) is 101 cm³/mol. The number of hydrogen-bond donors (Lipinski definition) is 1. The quantitative estimate of drug-likeness (QED) is 0.725. The molecule has 1 aliphatic heterocycles. The third-order valence-corrected chi connectivity index (χ3v) is 4.48. The van der Waals surface area contributed by atoms with Crippen molar-refractivity contribution < 1.29 is 14.3 Å². The molecule has 0 aliphatic carbocycles. The summed E-state index contributed by atoms with van der Waals surface area (Å²) >= 11 is 0. The van der Waals surface area contributed by atoms with E-state index >= 15 is 0 Å². The fourth-order valence-electron chi connectivity index (χ4n) is 2.99. The van der Waals surface area contributed by atoms with Gasteiger partial charge in [-0.15, -0.1) is 5.10 Å². The van der Waals surface area contributed by atoms with Gasteiger partial charge in [-0.3, -0.25) is 9.59 Å². The van der Waals surface area contributed by atoms with Crippen LogP contribution in [0.15, 0.2) is 48.8 Å². The lowest BCUT2D eigenvalue weighted by Crippen LogP contribution is -2.40. The van der Waals surface area contributed by atoms with E-state index < -0.39 is 0 Å². The lowest BCUT2D eigenvalue weighted by Gasteiger charge is -2.29. The third-order valence-electron chi connectivity index (χ3n) is 4.48. The summed E-state index contributed by atoms with van der Waals surface area (Å²) in [5.74, 6) is 0.296. The number of rotatable bonds is 5. The number of para-hydroxylation sites is 2. The van der Waals surface area contributed by atoms with E-state index in [2.05, 4.69) is 20.8 Å². The van der Waals surface area contributed by atoms with Gasteiger partial charge in [0.05, 0.1) is 11.4 Å². The minimum absolute atomic E-state index is 0.0221. The van der Waals surface area contributed by atoms with Crippen LogP contribution in [-0.4, -0.2) is 45.2 Å². The van der Waals surface area contributed by atoms with Crippen molar-refractivity contribution in [1.82, 2.24) is 20.2 Å². The molecule has 0 spiro atoms. The number of aromatic nitrogens is 4. The first-order valence-electron chi connectivity index (χ1n) is 8.78. The number of ether oxygens (including phenoxy) is 1. The van der Waals surface area contributed by atoms with E-state index in [9.17, 15) is 9.59 Å². The van der Waals surface area contributed by atoms with E-state index in [-0.39, 0.29) is 31.4 Å². The Kier molecular flexibility index (Phi) is 4.71. The molecule has 9 nitrogen and oxygen atoms in total. The molecule has 0 unspecified atom stereocenters. The van der Waals surface area contributed by atoms with E-state index in [0.29, 0.717) is 17.1 Å². The Hall–Kier alpha value is -3.75. The average Bonchev–Trinajstić information content (AvgIpc) is 3.24. The van der Waals surface area contributed by atoms with E-state index in [0.717, 1.165) is 11.3 Å². The third kappa shape index (κ3) is 3.54. The van der Waals surface area contributed by atoms with Crippen LogP contribution in [0.3, 0.4) is 0 Å². The lowest BCUT2D eigenvalue weighted by molar-refractivity contribution is -0.121. The molecule has 9 heteroatoms. The Balaban J connectivity index is 1.44. The topological polar surface area (TPSA) is 102 Å². The second-order valence-electron chi connectivity index (χ2n) is 6.35. The van der Waals surface area contributed by atoms with Gasteiger partial charge in [0, 0.05) is 18.7 Å². The highest BCUT2D eigenvalue weighted by Crippen LogP contribution is 2.31. The van der Waals surface area contributed by atoms with Gasteiger partial charge in [0.25, 0.3) is 5.91 Å². The molecule has 1 aliphatic rings. The highest BCUT2D eigenvalue weighted by molar-refractivity contribution is 5.99. The number of carbonyl (C=O) groups is 2. The number of carbonyl (C=O) groups excluding carboxylic acids is 2. The summed E-state index contributed by atoms with van der Waals surface area (Å²) in [6.07, 6.45) is 1.65. The smallest absolute Gasteiger partial charge is 0.265 e. The number of fused-ring (bicyclic) bond motifs is 1. The minimum atomic E-state index is -0.186. The maximum atomic E-state index is 12.5. The number of hydrogen-bond acceptors (Lipinski definition) is 6. The molecule has 28 heavy (non-hydrogen) atoms. The second kappa shape index (κ2) is 7.47. The SMILES string of the molecule is Cc1ccc(-n2cnnn2)cc1NC(=O)CCN1C(=O)COc2ccccc21. The molecule has 2 amide bonds. The van der Waals surface area contributed by atoms with Gasteiger partial charge in [-0.05, 0) is 47.2 Å². The maximum absolute atomic E-state index is 12.5. The normalized spacial score (nSPS) is 13.0. The zero-order valence-electron chi connectivity index (χ0n) is 15.2. The summed E-state index contributed by atoms with van der Waals surface area (Å²) in [5, 5.41) is 14.0. The monoisotopic (exact) mass is 378 g/mol. The molecule has 1 aromatic heterocycles. The summed E-state index contributed by atoms with van der Waals surface area (Å²) in [5.41, 5.74) is 3.01. The molecule has 142 valence electrons. The Morgan fingerprint density at radius 3 is 2.93 bits per heavy atom. The van der Waals surface area contributed by atoms with Gasteiger partial charge in [-0.2, -0.15) is 0 Å². The van der Waals surface area contributed by atoms with Gasteiger partial charge in [0.1, 0.15) is 12.1 Å². The molecule has 4 rings (SSSR count). The number of tetrazole rings is 1. The average molecular weight is 378 g/mol. The summed E-state index contributed by atoms with van der Waals surface area (Å²) in [4.78, 5) is 26.3. The molecule has 0 saturated carbocycles. The van der Waals surface area contributed by atoms with Crippen molar-refractivity contribution in [2.75, 3.05) is 23.4 Å². The largest absolute Gasteiger partial charge is 0.482 e. The van der Waals surface area contributed by atoms with E-state index in [1.165, 1.54) is 11.0 Å². The van der Waals surface area contributed by atoms with E-state index in [4.69, 9.17) is 4.74 Å². The van der Waals surface area contributed by atoms with Gasteiger partial charge in [0.2, 0.25) is 5.91 Å². The van der Waals surface area contributed by atoms with Gasteiger partial charge in [-0.1, -0.05) is 18.2 Å². The molecule has 0 atom stereocenters. The van der Waals surface area contributed by atoms with Crippen molar-refractivity contribution >= 4 is 23.2 Å². The van der Waals surface area contributed by atoms with Gasteiger partial charge >= 0.3 is 0 Å². The van der Waals surface area contributed by atoms with Crippen molar-refractivity contribution in [2.24, 2.45) is 0 Å². The maximum Gasteiger partial charge on any atom is 0.265 e. The summed E-state index contributed by atoms with van der Waals surface area (Å²) in [6, 6.07) is 12.9. The van der Waals surface area contributed by atoms with Crippen LogP contribution < -0.4 is 15.0 Å². The minimum Gasteiger partial charge on any atom is -0.482 e. The molecule has 2 aromatic carbocycles. The fourth-order valence-corrected chi connectivity index (χ4v) is 2.99. The molecule has 0 bridgehead atoms. The van der Waals surface area contributed by atoms with Crippen LogP contribution >= 0.6 is 0 Å². The van der Waals surface area contributed by atoms with Crippen LogP contribution in [0.5, 0.6) is 5.75 Å². The standard InChI is InChI=1S/C19H18N6O3/c1-13-6-7-14(25-12-20-22-23-25)10-15(13)21-18(26)8-9-24-16-4-2-3-5-17(16)28-11-19(24)27/h2-7,10,12H,8-9,11H2,1H3,(H,21,26). The van der Waals surface area contributed by atoms with Gasteiger partial charge in [0.15, 0.2) is 6.61 Å². The highest BCUT2D eigenvalue weighted by atomic mass is 16.5. The van der Waals surface area contributed by atoms with Crippen LogP contribution in [0.2, 0.25) is 0 Å². The molecule has 3 aromatic rings. The van der Waals surface area contributed by atoms with Crippen molar-refractivity contribution in [3.05, 3.63) is 54.4 Å². The lowest BCUT2D eigenvalue weighted by atomic mass is 10.1. The molecule has 0 radical (unpaired) electrons. The van der Waals surface area contributed by atoms with Crippen molar-refractivity contribution in [2.45, 2.75) is 13.3 Å². The summed E-state index contributed by atoms with van der Waals surface area (Å²) in [6.45, 7) is 2.16. The molecular weight excluding hydrogens is 360 g/mol. The Morgan fingerprint density at radius 2 is 2.11 bits per heavy atom. The second-order valence-corrected chi connectivity index (χ2v) is 6.35. The van der Waals surface area contributed by atoms with E-state index in [1.807, 2.05) is 43.3 Å². The fraction of sp³-hybridized carbons (Fsp3) is 0.211. The van der Waals surface area contributed by atoms with Crippen molar-refractivity contribution in [3.63, 3.8) is 0 Å². The van der Waals surface area contributed by atoms with Crippen LogP contribution in [0.25, 0.3) is 5.69 Å². The van der Waals surface area contributed by atoms with Gasteiger partial charge < -0.3 is 15.0 Å². The van der Waals surface area contributed by atoms with Crippen molar-refractivity contribution in [3.8, 4) is 11.4 Å². The highest BCUT2D eigenvalue weighted by Gasteiger charge is 2.25. The zero-order valence-corrected chi connectivity index (χ0v) is 15.2. The summed E-state index contributed by atoms with van der Waals surface area (Å²) in [7, 11) is 0. The number of nitrogens with zero attached hydrogens (tertiary/aromatic N) is 5. The van der Waals surface area contributed by atoms with Gasteiger partial charge in [-0.25, -0.2) is 4.68 Å². The number of nitrogens with one attached hydrogen (secondary N) is 1. The predicted octanol–water partition coefficient (Wildman–Crippen LogP) is 1.72. The molecule has 0 fully saturated rings. The van der Waals surface area contributed by atoms with Crippen LogP contribution in [0.4, 0.5) is 11.4 Å². The first-order chi connectivity index (χ1) is 13.6. The zero-order chi connectivity index (χ0) is 19.5. The summed E-state index contributed by atoms with van der Waals surface area (Å²) < 4.78 is 6.93. The number of anilines is 2. The van der Waals surface area contributed by atoms with Crippen LogP contribution in [-0.2, 0) is 9.59 Å². The van der Waals surface area contributed by atoms with Crippen molar-refractivity contribution in [1.29, 1.82) is 0 Å². The van der Waals surface area contributed by atoms with Crippen LogP contribution in [0.1, 0.15) is 12.0 Å². The molecular formula is C19H18N6O3.